The molecule has 0 saturated carbocycles. The van der Waals surface area contributed by atoms with E-state index < -0.39 is 66.9 Å². The van der Waals surface area contributed by atoms with Gasteiger partial charge in [0.05, 0.1) is 6.61 Å². The number of carboxylic acid groups (broad SMARTS) is 2. The van der Waals surface area contributed by atoms with E-state index in [0.717, 1.165) is 5.56 Å². The highest BCUT2D eigenvalue weighted by molar-refractivity contribution is 7.98. The van der Waals surface area contributed by atoms with Gasteiger partial charge >= 0.3 is 11.9 Å². The molecule has 0 heterocycles. The van der Waals surface area contributed by atoms with Crippen LogP contribution in [0.25, 0.3) is 0 Å². The van der Waals surface area contributed by atoms with Gasteiger partial charge in [0.25, 0.3) is 0 Å². The molecule has 8 N–H and O–H groups in total. The summed E-state index contributed by atoms with van der Waals surface area (Å²) in [5.41, 5.74) is 6.27. The maximum atomic E-state index is 13.1. The number of nitrogens with one attached hydrogen (secondary N) is 3. The Labute approximate surface area is 207 Å². The minimum atomic E-state index is -1.45. The van der Waals surface area contributed by atoms with Crippen LogP contribution in [-0.2, 0) is 30.4 Å². The number of aliphatic carboxylic acids is 2. The largest absolute Gasteiger partial charge is 0.481 e. The molecule has 13 heteroatoms. The molecule has 0 aliphatic rings. The molecule has 12 nitrogen and oxygen atoms in total. The van der Waals surface area contributed by atoms with E-state index in [0.29, 0.717) is 5.75 Å². The first kappa shape index (κ1) is 29.9. The van der Waals surface area contributed by atoms with E-state index in [1.54, 1.807) is 36.6 Å². The summed E-state index contributed by atoms with van der Waals surface area (Å²) < 4.78 is 0. The van der Waals surface area contributed by atoms with E-state index in [2.05, 4.69) is 16.0 Å². The van der Waals surface area contributed by atoms with Crippen molar-refractivity contribution in [1.29, 1.82) is 0 Å². The Bertz CT molecular complexity index is 870. The fourth-order valence-electron chi connectivity index (χ4n) is 3.00. The minimum Gasteiger partial charge on any atom is -0.481 e. The Balaban J connectivity index is 3.04. The second-order valence-electron chi connectivity index (χ2n) is 7.71. The van der Waals surface area contributed by atoms with Crippen LogP contribution >= 0.6 is 11.8 Å². The predicted molar refractivity (Wildman–Crippen MR) is 129 cm³/mol. The zero-order valence-corrected chi connectivity index (χ0v) is 20.1. The van der Waals surface area contributed by atoms with Crippen molar-refractivity contribution in [1.82, 2.24) is 16.0 Å². The number of carbonyl (C=O) groups excluding carboxylic acids is 3. The van der Waals surface area contributed by atoms with Crippen molar-refractivity contribution in [2.24, 2.45) is 5.73 Å². The Morgan fingerprint density at radius 1 is 0.886 bits per heavy atom. The Kier molecular flexibility index (Phi) is 13.4. The zero-order chi connectivity index (χ0) is 26.4. The summed E-state index contributed by atoms with van der Waals surface area (Å²) in [5.74, 6) is -4.41. The third-order valence-corrected chi connectivity index (χ3v) is 5.60. The first-order chi connectivity index (χ1) is 16.6. The highest BCUT2D eigenvalue weighted by Gasteiger charge is 2.30. The first-order valence-electron chi connectivity index (χ1n) is 10.8. The molecule has 0 bridgehead atoms. The number of carbonyl (C=O) groups is 5. The van der Waals surface area contributed by atoms with Gasteiger partial charge in [0.1, 0.15) is 24.2 Å². The van der Waals surface area contributed by atoms with Crippen LogP contribution in [0.4, 0.5) is 0 Å². The first-order valence-corrected chi connectivity index (χ1v) is 12.2. The molecular weight excluding hydrogens is 480 g/mol. The smallest absolute Gasteiger partial charge is 0.326 e. The van der Waals surface area contributed by atoms with E-state index in [1.807, 2.05) is 0 Å². The lowest BCUT2D eigenvalue weighted by molar-refractivity contribution is -0.143. The third kappa shape index (κ3) is 11.2. The molecule has 35 heavy (non-hydrogen) atoms. The molecule has 0 spiro atoms. The van der Waals surface area contributed by atoms with Crippen molar-refractivity contribution in [3.63, 3.8) is 0 Å². The average molecular weight is 513 g/mol. The van der Waals surface area contributed by atoms with Crippen molar-refractivity contribution in [3.8, 4) is 0 Å². The van der Waals surface area contributed by atoms with E-state index in [4.69, 9.17) is 15.9 Å². The Morgan fingerprint density at radius 3 is 2.00 bits per heavy atom. The predicted octanol–water partition coefficient (Wildman–Crippen LogP) is -1.29. The second-order valence-corrected chi connectivity index (χ2v) is 8.70. The summed E-state index contributed by atoms with van der Waals surface area (Å²) in [6.07, 6.45) is 1.23. The number of hydrogen-bond donors (Lipinski definition) is 7. The molecule has 0 radical (unpaired) electrons. The Morgan fingerprint density at radius 2 is 1.46 bits per heavy atom. The van der Waals surface area contributed by atoms with Crippen LogP contribution in [0.3, 0.4) is 0 Å². The molecule has 1 aromatic carbocycles. The van der Waals surface area contributed by atoms with Crippen molar-refractivity contribution in [3.05, 3.63) is 35.9 Å². The van der Waals surface area contributed by atoms with Crippen LogP contribution in [0.1, 0.15) is 24.8 Å². The number of rotatable bonds is 16. The highest BCUT2D eigenvalue weighted by Crippen LogP contribution is 2.08. The molecule has 0 aromatic heterocycles. The number of hydrogen-bond acceptors (Lipinski definition) is 8. The van der Waals surface area contributed by atoms with Gasteiger partial charge in [0, 0.05) is 12.8 Å². The van der Waals surface area contributed by atoms with Crippen molar-refractivity contribution in [2.45, 2.75) is 49.9 Å². The van der Waals surface area contributed by atoms with Gasteiger partial charge < -0.3 is 37.0 Å². The molecule has 0 aliphatic carbocycles. The second kappa shape index (κ2) is 15.7. The number of benzene rings is 1. The molecule has 1 aromatic rings. The van der Waals surface area contributed by atoms with E-state index >= 15 is 0 Å². The molecule has 1 rings (SSSR count). The van der Waals surface area contributed by atoms with E-state index in [1.165, 1.54) is 11.8 Å². The van der Waals surface area contributed by atoms with Crippen molar-refractivity contribution in [2.75, 3.05) is 18.6 Å². The molecule has 0 aliphatic heterocycles. The third-order valence-electron chi connectivity index (χ3n) is 4.95. The van der Waals surface area contributed by atoms with Gasteiger partial charge in [-0.2, -0.15) is 11.8 Å². The van der Waals surface area contributed by atoms with Crippen molar-refractivity contribution >= 4 is 41.4 Å². The van der Waals surface area contributed by atoms with E-state index in [9.17, 15) is 29.1 Å². The minimum absolute atomic E-state index is 0.0732. The summed E-state index contributed by atoms with van der Waals surface area (Å²) in [6, 6.07) is 3.82. The maximum Gasteiger partial charge on any atom is 0.326 e. The van der Waals surface area contributed by atoms with Gasteiger partial charge in [-0.1, -0.05) is 30.3 Å². The van der Waals surface area contributed by atoms with Crippen LogP contribution in [0.5, 0.6) is 0 Å². The molecular formula is C22H32N4O8S. The van der Waals surface area contributed by atoms with Gasteiger partial charge in [-0.05, 0) is 30.4 Å². The van der Waals surface area contributed by atoms with Gasteiger partial charge in [0.15, 0.2) is 0 Å². The fraction of sp³-hybridized carbons (Fsp3) is 0.500. The van der Waals surface area contributed by atoms with Crippen LogP contribution in [0.2, 0.25) is 0 Å². The molecule has 4 atom stereocenters. The number of aliphatic hydroxyl groups is 1. The lowest BCUT2D eigenvalue weighted by Gasteiger charge is -2.25. The molecule has 4 unspecified atom stereocenters. The van der Waals surface area contributed by atoms with Crippen LogP contribution in [-0.4, -0.2) is 87.8 Å². The molecule has 194 valence electrons. The number of carboxylic acids is 2. The SMILES string of the molecule is CSCCC(NC(=O)C(Cc1ccccc1)NC(=O)C(N)CO)C(=O)NC(CCC(=O)O)C(=O)O. The summed E-state index contributed by atoms with van der Waals surface area (Å²) >= 11 is 1.40. The topological polar surface area (TPSA) is 208 Å². The van der Waals surface area contributed by atoms with Crippen LogP contribution in [0.15, 0.2) is 30.3 Å². The standard InChI is InChI=1S/C22H32N4O8S/c1-35-10-9-15(20(31)25-16(22(33)34)7-8-18(28)29)24-21(32)17(26-19(30)14(23)12-27)11-13-5-3-2-4-6-13/h2-6,14-17,27H,7-12,23H2,1H3,(H,24,32)(H,25,31)(H,26,30)(H,28,29)(H,33,34). The number of amides is 3. The monoisotopic (exact) mass is 512 g/mol. The normalized spacial score (nSPS) is 14.1. The number of aliphatic hydroxyl groups excluding tert-OH is 1. The lowest BCUT2D eigenvalue weighted by Crippen LogP contribution is -2.58. The number of thioether (sulfide) groups is 1. The van der Waals surface area contributed by atoms with Gasteiger partial charge in [-0.15, -0.1) is 0 Å². The highest BCUT2D eigenvalue weighted by atomic mass is 32.2. The van der Waals surface area contributed by atoms with Crippen molar-refractivity contribution < 1.29 is 39.3 Å². The lowest BCUT2D eigenvalue weighted by atomic mass is 10.0. The molecule has 0 fully saturated rings. The van der Waals surface area contributed by atoms with Gasteiger partial charge in [-0.25, -0.2) is 4.79 Å². The van der Waals surface area contributed by atoms with Gasteiger partial charge in [0.2, 0.25) is 17.7 Å². The maximum absolute atomic E-state index is 13.1. The zero-order valence-electron chi connectivity index (χ0n) is 19.3. The summed E-state index contributed by atoms with van der Waals surface area (Å²) in [4.78, 5) is 60.4. The fourth-order valence-corrected chi connectivity index (χ4v) is 3.47. The average Bonchev–Trinajstić information content (AvgIpc) is 2.83. The van der Waals surface area contributed by atoms with Crippen LogP contribution < -0.4 is 21.7 Å². The molecule has 3 amide bonds. The quantitative estimate of drug-likeness (QED) is 0.139. The number of nitrogens with two attached hydrogens (primary N) is 1. The summed E-state index contributed by atoms with van der Waals surface area (Å²) in [7, 11) is 0. The van der Waals surface area contributed by atoms with Crippen LogP contribution in [0, 0.1) is 0 Å². The van der Waals surface area contributed by atoms with Gasteiger partial charge in [-0.3, -0.25) is 19.2 Å². The summed E-state index contributed by atoms with van der Waals surface area (Å²) in [6.45, 7) is -0.628. The summed E-state index contributed by atoms with van der Waals surface area (Å²) in [5, 5.41) is 34.6. The molecule has 0 saturated heterocycles. The van der Waals surface area contributed by atoms with E-state index in [-0.39, 0.29) is 19.3 Å². The Hall–Kier alpha value is -3.16.